The number of nitrogens with zero attached hydrogens (tertiary/aromatic N) is 1. The number of benzene rings is 5. The van der Waals surface area contributed by atoms with Gasteiger partial charge in [-0.3, -0.25) is 0 Å². The van der Waals surface area contributed by atoms with Gasteiger partial charge < -0.3 is 4.98 Å². The minimum Gasteiger partial charge on any atom is -0.356 e. The van der Waals surface area contributed by atoms with Gasteiger partial charge in [0.15, 0.2) is 5.69 Å². The van der Waals surface area contributed by atoms with Crippen molar-refractivity contribution in [1.29, 1.82) is 0 Å². The van der Waals surface area contributed by atoms with Crippen molar-refractivity contribution in [2.45, 2.75) is 38.0 Å². The summed E-state index contributed by atoms with van der Waals surface area (Å²) in [5.74, 6) is 0.216. The Labute approximate surface area is 216 Å². The highest BCUT2D eigenvalue weighted by Gasteiger charge is 2.43. The summed E-state index contributed by atoms with van der Waals surface area (Å²) in [4.78, 5) is 7.80. The Kier molecular flexibility index (Phi) is 3.88. The van der Waals surface area contributed by atoms with Crippen LogP contribution in [0.4, 0.5) is 5.69 Å². The Morgan fingerprint density at radius 3 is 1.89 bits per heavy atom. The van der Waals surface area contributed by atoms with Crippen LogP contribution < -0.4 is 0 Å². The SMILES string of the molecule is [C-]#[N+]c1cc2[nH]c3ccc4cc(C(C)(C)C)ccc4c3c2c2c1C1c3ccccc3C2c2ccccc21. The van der Waals surface area contributed by atoms with Crippen molar-refractivity contribution in [2.24, 2.45) is 0 Å². The normalized spacial score (nSPS) is 17.6. The van der Waals surface area contributed by atoms with Crippen molar-refractivity contribution in [3.05, 3.63) is 135 Å². The zero-order chi connectivity index (χ0) is 25.1. The molecule has 0 radical (unpaired) electrons. The van der Waals surface area contributed by atoms with Crippen LogP contribution in [0.5, 0.6) is 0 Å². The van der Waals surface area contributed by atoms with E-state index in [9.17, 15) is 0 Å². The van der Waals surface area contributed by atoms with Gasteiger partial charge in [0.25, 0.3) is 0 Å². The lowest BCUT2D eigenvalue weighted by Gasteiger charge is -2.43. The Morgan fingerprint density at radius 1 is 0.676 bits per heavy atom. The topological polar surface area (TPSA) is 20.1 Å². The third kappa shape index (κ3) is 2.59. The fraction of sp³-hybridized carbons (Fsp3) is 0.171. The van der Waals surface area contributed by atoms with Gasteiger partial charge in [-0.25, -0.2) is 4.85 Å². The van der Waals surface area contributed by atoms with E-state index >= 15 is 0 Å². The number of aromatic amines is 1. The van der Waals surface area contributed by atoms with Crippen LogP contribution in [0, 0.1) is 6.57 Å². The van der Waals surface area contributed by atoms with Crippen molar-refractivity contribution in [1.82, 2.24) is 4.98 Å². The second kappa shape index (κ2) is 6.90. The number of aromatic nitrogens is 1. The van der Waals surface area contributed by atoms with Gasteiger partial charge in [-0.2, -0.15) is 0 Å². The molecule has 0 spiro atoms. The molecule has 0 aliphatic heterocycles. The molecule has 0 amide bonds. The molecule has 3 aliphatic carbocycles. The molecule has 3 aliphatic rings. The zero-order valence-corrected chi connectivity index (χ0v) is 21.2. The standard InChI is InChI=1S/C35H26N2/c1-35(2,3)20-14-15-21-19(17-20)13-16-26-31(21)33-28(37-26)18-27(36-4)32-29-22-9-5-7-11-24(22)30(34(32)33)25-12-8-6-10-23(25)29/h5-18,29-30,37H,1-3H3. The summed E-state index contributed by atoms with van der Waals surface area (Å²) in [7, 11) is 0. The maximum absolute atomic E-state index is 8.17. The molecule has 5 aromatic carbocycles. The van der Waals surface area contributed by atoms with E-state index in [4.69, 9.17) is 6.57 Å². The smallest absolute Gasteiger partial charge is 0.193 e. The second-order valence-corrected chi connectivity index (χ2v) is 11.7. The monoisotopic (exact) mass is 474 g/mol. The van der Waals surface area contributed by atoms with Crippen molar-refractivity contribution in [2.75, 3.05) is 0 Å². The molecule has 9 rings (SSSR count). The quantitative estimate of drug-likeness (QED) is 0.211. The minimum absolute atomic E-state index is 0.0910. The molecule has 1 aromatic heterocycles. The highest BCUT2D eigenvalue weighted by molar-refractivity contribution is 6.22. The van der Waals surface area contributed by atoms with E-state index in [1.54, 1.807) is 0 Å². The van der Waals surface area contributed by atoms with E-state index in [1.807, 2.05) is 0 Å². The summed E-state index contributed by atoms with van der Waals surface area (Å²) in [5.41, 5.74) is 12.4. The fourth-order valence-corrected chi connectivity index (χ4v) is 7.11. The summed E-state index contributed by atoms with van der Waals surface area (Å²) in [6.07, 6.45) is 0. The van der Waals surface area contributed by atoms with E-state index in [2.05, 4.69) is 116 Å². The number of H-pyrrole nitrogens is 1. The van der Waals surface area contributed by atoms with Gasteiger partial charge in [0, 0.05) is 33.6 Å². The highest BCUT2D eigenvalue weighted by Crippen LogP contribution is 2.60. The number of hydrogen-bond donors (Lipinski definition) is 1. The largest absolute Gasteiger partial charge is 0.356 e. The fourth-order valence-electron chi connectivity index (χ4n) is 7.11. The Bertz CT molecular complexity index is 1940. The van der Waals surface area contributed by atoms with Gasteiger partial charge in [0.05, 0.1) is 6.57 Å². The number of nitrogens with one attached hydrogen (secondary N) is 1. The molecule has 0 fully saturated rings. The zero-order valence-electron chi connectivity index (χ0n) is 21.2. The van der Waals surface area contributed by atoms with Gasteiger partial charge in [-0.15, -0.1) is 0 Å². The molecule has 1 heterocycles. The Hall–Kier alpha value is -4.35. The molecule has 37 heavy (non-hydrogen) atoms. The van der Waals surface area contributed by atoms with E-state index in [0.717, 1.165) is 16.7 Å². The van der Waals surface area contributed by atoms with E-state index in [1.165, 1.54) is 60.5 Å². The van der Waals surface area contributed by atoms with Crippen LogP contribution in [-0.4, -0.2) is 4.98 Å². The average Bonchev–Trinajstić information content (AvgIpc) is 3.30. The number of rotatable bonds is 0. The predicted molar refractivity (Wildman–Crippen MR) is 153 cm³/mol. The lowest BCUT2D eigenvalue weighted by atomic mass is 9.60. The highest BCUT2D eigenvalue weighted by atomic mass is 14.7. The molecule has 1 N–H and O–H groups in total. The van der Waals surface area contributed by atoms with E-state index < -0.39 is 0 Å². The summed E-state index contributed by atoms with van der Waals surface area (Å²) in [5, 5.41) is 5.11. The minimum atomic E-state index is 0.0910. The Balaban J connectivity index is 1.56. The van der Waals surface area contributed by atoms with Crippen LogP contribution in [0.15, 0.2) is 84.9 Å². The summed E-state index contributed by atoms with van der Waals surface area (Å²) < 4.78 is 0. The molecule has 2 nitrogen and oxygen atoms in total. The van der Waals surface area contributed by atoms with Crippen LogP contribution in [0.1, 0.15) is 71.6 Å². The lowest BCUT2D eigenvalue weighted by Crippen LogP contribution is -2.27. The van der Waals surface area contributed by atoms with Gasteiger partial charge in [0.2, 0.25) is 0 Å². The van der Waals surface area contributed by atoms with Gasteiger partial charge in [0.1, 0.15) is 0 Å². The van der Waals surface area contributed by atoms with E-state index in [-0.39, 0.29) is 17.3 Å². The van der Waals surface area contributed by atoms with Gasteiger partial charge in [-0.05, 0) is 67.3 Å². The van der Waals surface area contributed by atoms with Crippen LogP contribution in [0.2, 0.25) is 0 Å². The van der Waals surface area contributed by atoms with Crippen LogP contribution in [0.25, 0.3) is 37.4 Å². The third-order valence-corrected chi connectivity index (χ3v) is 8.72. The number of fused-ring (bicyclic) bond motifs is 5. The third-order valence-electron chi connectivity index (χ3n) is 8.72. The molecule has 2 heteroatoms. The average molecular weight is 475 g/mol. The first-order valence-corrected chi connectivity index (χ1v) is 13.1. The maximum atomic E-state index is 8.17. The first-order chi connectivity index (χ1) is 18.0. The summed E-state index contributed by atoms with van der Waals surface area (Å²) >= 11 is 0. The summed E-state index contributed by atoms with van der Waals surface area (Å²) in [6.45, 7) is 15.0. The lowest BCUT2D eigenvalue weighted by molar-refractivity contribution is 0.591. The molecule has 176 valence electrons. The van der Waals surface area contributed by atoms with Crippen molar-refractivity contribution >= 4 is 38.3 Å². The molecule has 0 saturated carbocycles. The van der Waals surface area contributed by atoms with Gasteiger partial charge >= 0.3 is 0 Å². The summed E-state index contributed by atoms with van der Waals surface area (Å²) in [6, 6.07) is 31.2. The predicted octanol–water partition coefficient (Wildman–Crippen LogP) is 9.31. The maximum Gasteiger partial charge on any atom is 0.193 e. The molecule has 2 bridgehead atoms. The van der Waals surface area contributed by atoms with Crippen LogP contribution in [0.3, 0.4) is 0 Å². The Morgan fingerprint density at radius 2 is 1.30 bits per heavy atom. The second-order valence-electron chi connectivity index (χ2n) is 11.7. The van der Waals surface area contributed by atoms with Crippen LogP contribution in [-0.2, 0) is 5.41 Å². The molecular formula is C35H26N2. The first-order valence-electron chi connectivity index (χ1n) is 13.1. The van der Waals surface area contributed by atoms with E-state index in [0.29, 0.717) is 0 Å². The van der Waals surface area contributed by atoms with Crippen molar-refractivity contribution in [3.8, 4) is 0 Å². The number of hydrogen-bond acceptors (Lipinski definition) is 0. The van der Waals surface area contributed by atoms with Crippen molar-refractivity contribution in [3.63, 3.8) is 0 Å². The van der Waals surface area contributed by atoms with Crippen LogP contribution >= 0.6 is 0 Å². The first kappa shape index (κ1) is 20.8. The molecular weight excluding hydrogens is 448 g/mol. The van der Waals surface area contributed by atoms with Crippen molar-refractivity contribution < 1.29 is 0 Å². The molecule has 0 atom stereocenters. The molecule has 0 unspecified atom stereocenters. The molecule has 0 saturated heterocycles. The molecule has 6 aromatic rings. The van der Waals surface area contributed by atoms with Gasteiger partial charge in [-0.1, -0.05) is 93.6 Å².